The molecule has 4 rings (SSSR count). The van der Waals surface area contributed by atoms with Gasteiger partial charge in [-0.2, -0.15) is 0 Å². The third kappa shape index (κ3) is 6.80. The first kappa shape index (κ1) is 31.5. The number of carbonyl (C=O) groups is 4. The Morgan fingerprint density at radius 3 is 2.17 bits per heavy atom. The molecule has 0 aromatic carbocycles. The van der Waals surface area contributed by atoms with Crippen LogP contribution >= 0.6 is 0 Å². The van der Waals surface area contributed by atoms with Crippen LogP contribution in [0.4, 0.5) is 4.79 Å². The molecule has 232 valence electrons. The van der Waals surface area contributed by atoms with Crippen molar-refractivity contribution in [3.63, 3.8) is 0 Å². The molecular weight excluding hydrogens is 532 g/mol. The summed E-state index contributed by atoms with van der Waals surface area (Å²) >= 11 is 0. The van der Waals surface area contributed by atoms with Crippen molar-refractivity contribution in [1.82, 2.24) is 15.5 Å². The van der Waals surface area contributed by atoms with E-state index in [2.05, 4.69) is 10.6 Å². The average molecular weight is 581 g/mol. The molecule has 12 heteroatoms. The molecule has 0 aromatic rings. The predicted octanol–water partition coefficient (Wildman–Crippen LogP) is 1.31. The number of alkyl carbamates (subject to hydrolysis) is 1. The first-order valence-electron chi connectivity index (χ1n) is 15.0. The van der Waals surface area contributed by atoms with Crippen LogP contribution in [-0.2, 0) is 23.9 Å². The molecule has 2 aliphatic heterocycles. The highest BCUT2D eigenvalue weighted by atomic mass is 16.6. The number of carbonyl (C=O) groups excluding carboxylic acids is 4. The fraction of sp³-hybridized carbons (Fsp3) is 0.862. The Kier molecular flexibility index (Phi) is 8.97. The Morgan fingerprint density at radius 1 is 1.02 bits per heavy atom. The summed E-state index contributed by atoms with van der Waals surface area (Å²) in [5.41, 5.74) is 3.83. The molecule has 0 aromatic heterocycles. The van der Waals surface area contributed by atoms with Gasteiger partial charge in [0.2, 0.25) is 11.8 Å². The fourth-order valence-corrected chi connectivity index (χ4v) is 6.96. The molecule has 41 heavy (non-hydrogen) atoms. The van der Waals surface area contributed by atoms with Crippen LogP contribution in [0, 0.1) is 17.8 Å². The lowest BCUT2D eigenvalue weighted by atomic mass is 9.76. The smallest absolute Gasteiger partial charge is 0.408 e. The Morgan fingerprint density at radius 2 is 1.66 bits per heavy atom. The average Bonchev–Trinajstić information content (AvgIpc) is 3.17. The van der Waals surface area contributed by atoms with Gasteiger partial charge in [0.15, 0.2) is 0 Å². The molecule has 2 saturated carbocycles. The number of nitrogens with two attached hydrogens (primary N) is 1. The zero-order valence-electron chi connectivity index (χ0n) is 25.0. The van der Waals surface area contributed by atoms with E-state index >= 15 is 0 Å². The summed E-state index contributed by atoms with van der Waals surface area (Å²) in [7, 11) is 0. The van der Waals surface area contributed by atoms with Crippen LogP contribution in [0.15, 0.2) is 0 Å². The molecule has 12 nitrogen and oxygen atoms in total. The highest BCUT2D eigenvalue weighted by Gasteiger charge is 2.63. The number of primary amides is 1. The van der Waals surface area contributed by atoms with Crippen molar-refractivity contribution < 1.29 is 38.9 Å². The molecule has 6 N–H and O–H groups in total. The van der Waals surface area contributed by atoms with Gasteiger partial charge in [-0.3, -0.25) is 14.4 Å². The van der Waals surface area contributed by atoms with E-state index in [1.165, 1.54) is 4.90 Å². The summed E-state index contributed by atoms with van der Waals surface area (Å²) in [5, 5.41) is 26.6. The molecule has 2 aliphatic carbocycles. The molecule has 2 saturated heterocycles. The molecule has 4 amide bonds. The number of hydrogen-bond acceptors (Lipinski definition) is 8. The molecule has 2 heterocycles. The fourth-order valence-electron chi connectivity index (χ4n) is 6.96. The Bertz CT molecular complexity index is 1010. The SMILES string of the molecule is CC(C)(C)OC(=O)N[C@H](C(=O)N1C[C@@H]2OC(C)(C)[C@@H]2[C@H]1C(=O)N[C@@H](CC1CCC1)C(O)(O)C(N)=O)C1CCCCC1. The first-order chi connectivity index (χ1) is 19.0. The molecule has 5 atom stereocenters. The maximum atomic E-state index is 14.3. The summed E-state index contributed by atoms with van der Waals surface area (Å²) in [5.74, 6) is -5.70. The zero-order valence-corrected chi connectivity index (χ0v) is 25.0. The quantitative estimate of drug-likeness (QED) is 0.253. The van der Waals surface area contributed by atoms with E-state index in [1.807, 2.05) is 13.8 Å². The maximum absolute atomic E-state index is 14.3. The number of ether oxygens (including phenoxy) is 2. The number of likely N-dealkylation sites (tertiary alicyclic amines) is 1. The number of aliphatic hydroxyl groups is 2. The molecule has 0 unspecified atom stereocenters. The Hall–Kier alpha value is -2.44. The largest absolute Gasteiger partial charge is 0.444 e. The molecular formula is C29H48N4O8. The first-order valence-corrected chi connectivity index (χ1v) is 15.0. The predicted molar refractivity (Wildman–Crippen MR) is 148 cm³/mol. The van der Waals surface area contributed by atoms with Crippen molar-refractivity contribution in [3.8, 4) is 0 Å². The number of nitrogens with zero attached hydrogens (tertiary/aromatic N) is 1. The summed E-state index contributed by atoms with van der Waals surface area (Å²) in [6.45, 7) is 9.08. The molecule has 4 fully saturated rings. The van der Waals surface area contributed by atoms with Gasteiger partial charge in [0, 0.05) is 12.5 Å². The Balaban J connectivity index is 1.61. The van der Waals surface area contributed by atoms with Crippen LogP contribution < -0.4 is 16.4 Å². The lowest BCUT2D eigenvalue weighted by Gasteiger charge is -2.49. The number of hydrogen-bond donors (Lipinski definition) is 5. The zero-order chi connectivity index (χ0) is 30.3. The van der Waals surface area contributed by atoms with Crippen LogP contribution in [0.3, 0.4) is 0 Å². The van der Waals surface area contributed by atoms with Crippen LogP contribution in [0.2, 0.25) is 0 Å². The van der Waals surface area contributed by atoms with E-state index in [9.17, 15) is 29.4 Å². The van der Waals surface area contributed by atoms with Crippen molar-refractivity contribution in [1.29, 1.82) is 0 Å². The number of nitrogens with one attached hydrogen (secondary N) is 2. The van der Waals surface area contributed by atoms with Gasteiger partial charge in [0.25, 0.3) is 11.7 Å². The maximum Gasteiger partial charge on any atom is 0.408 e. The standard InChI is InChI=1S/C29H48N4O8/c1-27(2,3)41-26(37)32-21(17-12-7-6-8-13-17)24(35)33-15-18-20(28(4,5)40-18)22(33)23(34)31-19(14-16-10-9-11-16)29(38,39)25(30)36/h16-22,38-39H,6-15H2,1-5H3,(H2,30,36)(H,31,34)(H,32,37)/t18-,19-,20-,21-,22-/m0/s1. The second-order valence-electron chi connectivity index (χ2n) is 13.9. The number of fused-ring (bicyclic) bond motifs is 1. The minimum absolute atomic E-state index is 0.115. The molecule has 0 radical (unpaired) electrons. The van der Waals surface area contributed by atoms with Crippen molar-refractivity contribution >= 4 is 23.8 Å². The van der Waals surface area contributed by atoms with Gasteiger partial charge in [-0.05, 0) is 65.7 Å². The van der Waals surface area contributed by atoms with Crippen molar-refractivity contribution in [2.45, 2.75) is 134 Å². The molecule has 0 bridgehead atoms. The highest BCUT2D eigenvalue weighted by Crippen LogP contribution is 2.48. The highest BCUT2D eigenvalue weighted by molar-refractivity contribution is 5.93. The summed E-state index contributed by atoms with van der Waals surface area (Å²) in [4.78, 5) is 54.5. The topological polar surface area (TPSA) is 181 Å². The normalized spacial score (nSPS) is 28.0. The van der Waals surface area contributed by atoms with Crippen LogP contribution in [0.25, 0.3) is 0 Å². The van der Waals surface area contributed by atoms with Gasteiger partial charge < -0.3 is 41.0 Å². The number of amides is 4. The molecule has 0 spiro atoms. The molecule has 4 aliphatic rings. The lowest BCUT2D eigenvalue weighted by molar-refractivity contribution is -0.226. The summed E-state index contributed by atoms with van der Waals surface area (Å²) in [6.07, 6.45) is 6.18. The van der Waals surface area contributed by atoms with E-state index in [1.54, 1.807) is 20.8 Å². The van der Waals surface area contributed by atoms with Crippen LogP contribution in [0.5, 0.6) is 0 Å². The van der Waals surface area contributed by atoms with E-state index in [4.69, 9.17) is 15.2 Å². The third-order valence-electron chi connectivity index (χ3n) is 9.28. The van der Waals surface area contributed by atoms with E-state index in [-0.39, 0.29) is 30.7 Å². The van der Waals surface area contributed by atoms with Gasteiger partial charge in [-0.15, -0.1) is 0 Å². The Labute approximate surface area is 242 Å². The van der Waals surface area contributed by atoms with Gasteiger partial charge in [0.1, 0.15) is 17.7 Å². The van der Waals surface area contributed by atoms with E-state index in [0.29, 0.717) is 0 Å². The second-order valence-corrected chi connectivity index (χ2v) is 13.9. The number of rotatable bonds is 9. The van der Waals surface area contributed by atoms with Crippen LogP contribution in [-0.4, -0.2) is 86.7 Å². The monoisotopic (exact) mass is 580 g/mol. The van der Waals surface area contributed by atoms with E-state index in [0.717, 1.165) is 51.4 Å². The van der Waals surface area contributed by atoms with Gasteiger partial charge in [0.05, 0.1) is 17.7 Å². The van der Waals surface area contributed by atoms with Crippen LogP contribution in [0.1, 0.15) is 92.4 Å². The van der Waals surface area contributed by atoms with Crippen molar-refractivity contribution in [3.05, 3.63) is 0 Å². The van der Waals surface area contributed by atoms with Crippen molar-refractivity contribution in [2.75, 3.05) is 6.54 Å². The van der Waals surface area contributed by atoms with Crippen molar-refractivity contribution in [2.24, 2.45) is 23.5 Å². The van der Waals surface area contributed by atoms with Gasteiger partial charge >= 0.3 is 6.09 Å². The summed E-state index contributed by atoms with van der Waals surface area (Å²) in [6, 6.07) is -3.24. The summed E-state index contributed by atoms with van der Waals surface area (Å²) < 4.78 is 11.5. The minimum atomic E-state index is -2.95. The third-order valence-corrected chi connectivity index (χ3v) is 9.28. The minimum Gasteiger partial charge on any atom is -0.444 e. The van der Waals surface area contributed by atoms with Gasteiger partial charge in [-0.25, -0.2) is 4.79 Å². The lowest BCUT2D eigenvalue weighted by Crippen LogP contribution is -2.66. The second kappa shape index (κ2) is 11.7. The van der Waals surface area contributed by atoms with E-state index < -0.39 is 65.0 Å². The van der Waals surface area contributed by atoms with Gasteiger partial charge in [-0.1, -0.05) is 38.5 Å².